The van der Waals surface area contributed by atoms with Gasteiger partial charge in [-0.2, -0.15) is 13.2 Å². The summed E-state index contributed by atoms with van der Waals surface area (Å²) in [6, 6.07) is 6.55. The van der Waals surface area contributed by atoms with E-state index in [1.54, 1.807) is 24.3 Å². The Labute approximate surface area is 130 Å². The fourth-order valence-corrected chi connectivity index (χ4v) is 2.13. The molecule has 5 nitrogen and oxygen atoms in total. The minimum atomic E-state index is -4.37. The van der Waals surface area contributed by atoms with E-state index in [4.69, 9.17) is 5.11 Å². The Morgan fingerprint density at radius 3 is 2.48 bits per heavy atom. The largest absolute Gasteiger partial charge is 0.480 e. The van der Waals surface area contributed by atoms with Crippen LogP contribution in [0.5, 0.6) is 0 Å². The molecule has 1 saturated carbocycles. The highest BCUT2D eigenvalue weighted by atomic mass is 19.4. The van der Waals surface area contributed by atoms with Crippen molar-refractivity contribution in [1.29, 1.82) is 0 Å². The number of carboxylic acids is 1. The van der Waals surface area contributed by atoms with Gasteiger partial charge in [0.2, 0.25) is 5.91 Å². The van der Waals surface area contributed by atoms with E-state index in [0.29, 0.717) is 24.0 Å². The lowest BCUT2D eigenvalue weighted by molar-refractivity contribution is -0.176. The van der Waals surface area contributed by atoms with E-state index in [0.717, 1.165) is 0 Å². The van der Waals surface area contributed by atoms with Crippen LogP contribution in [0.1, 0.15) is 24.0 Å². The molecule has 8 heteroatoms. The Bertz CT molecular complexity index is 597. The zero-order chi connectivity index (χ0) is 17.1. The highest BCUT2D eigenvalue weighted by Crippen LogP contribution is 2.46. The Balaban J connectivity index is 1.85. The van der Waals surface area contributed by atoms with Gasteiger partial charge in [-0.15, -0.1) is 0 Å². The normalized spacial score (nSPS) is 16.0. The number of carbonyl (C=O) groups excluding carboxylic acids is 1. The summed E-state index contributed by atoms with van der Waals surface area (Å²) in [5, 5.41) is 11.6. The van der Waals surface area contributed by atoms with Crippen molar-refractivity contribution >= 4 is 11.9 Å². The van der Waals surface area contributed by atoms with Crippen LogP contribution in [-0.4, -0.2) is 29.8 Å². The maximum atomic E-state index is 12.0. The summed E-state index contributed by atoms with van der Waals surface area (Å²) in [7, 11) is 0. The second-order valence-electron chi connectivity index (χ2n) is 5.50. The number of hydrogen-bond acceptors (Lipinski definition) is 3. The number of rotatable bonds is 7. The molecule has 0 aromatic heterocycles. The van der Waals surface area contributed by atoms with Crippen molar-refractivity contribution in [2.24, 2.45) is 5.41 Å². The SMILES string of the molecule is O=C(O)C1(C(=O)NCc2cccc(COCC(F)(F)F)c2)CC1. The Kier molecular flexibility index (Phi) is 4.93. The third kappa shape index (κ3) is 4.69. The number of carbonyl (C=O) groups is 2. The van der Waals surface area contributed by atoms with Gasteiger partial charge in [0.1, 0.15) is 12.0 Å². The highest BCUT2D eigenvalue weighted by molar-refractivity contribution is 6.04. The predicted octanol–water partition coefficient (Wildman–Crippen LogP) is 2.25. The Hall–Kier alpha value is -2.09. The van der Waals surface area contributed by atoms with E-state index < -0.39 is 30.1 Å². The minimum Gasteiger partial charge on any atom is -0.480 e. The highest BCUT2D eigenvalue weighted by Gasteiger charge is 2.56. The summed E-state index contributed by atoms with van der Waals surface area (Å²) >= 11 is 0. The van der Waals surface area contributed by atoms with Crippen LogP contribution in [0.3, 0.4) is 0 Å². The molecule has 1 fully saturated rings. The molecule has 1 amide bonds. The molecule has 0 saturated heterocycles. The molecule has 0 atom stereocenters. The van der Waals surface area contributed by atoms with Crippen molar-refractivity contribution in [2.45, 2.75) is 32.2 Å². The third-order valence-corrected chi connectivity index (χ3v) is 3.57. The zero-order valence-corrected chi connectivity index (χ0v) is 12.2. The van der Waals surface area contributed by atoms with Gasteiger partial charge in [-0.05, 0) is 24.0 Å². The smallest absolute Gasteiger partial charge is 0.411 e. The van der Waals surface area contributed by atoms with Crippen molar-refractivity contribution in [3.05, 3.63) is 35.4 Å². The van der Waals surface area contributed by atoms with Crippen molar-refractivity contribution in [2.75, 3.05) is 6.61 Å². The molecule has 2 rings (SSSR count). The summed E-state index contributed by atoms with van der Waals surface area (Å²) in [6.45, 7) is -1.41. The van der Waals surface area contributed by atoms with E-state index in [9.17, 15) is 22.8 Å². The first-order chi connectivity index (χ1) is 10.7. The number of amides is 1. The molecular formula is C15H16F3NO4. The van der Waals surface area contributed by atoms with Gasteiger partial charge in [-0.25, -0.2) is 0 Å². The molecule has 1 aromatic carbocycles. The van der Waals surface area contributed by atoms with E-state index in [-0.39, 0.29) is 13.2 Å². The molecule has 0 bridgehead atoms. The number of halogens is 3. The minimum absolute atomic E-state index is 0.112. The first kappa shape index (κ1) is 17.3. The van der Waals surface area contributed by atoms with Gasteiger partial charge in [-0.1, -0.05) is 24.3 Å². The van der Waals surface area contributed by atoms with E-state index in [1.807, 2.05) is 0 Å². The molecule has 126 valence electrons. The summed E-state index contributed by atoms with van der Waals surface area (Å²) in [5.41, 5.74) is -0.110. The predicted molar refractivity (Wildman–Crippen MR) is 73.3 cm³/mol. The van der Waals surface area contributed by atoms with E-state index in [1.165, 1.54) is 0 Å². The molecule has 0 radical (unpaired) electrons. The summed E-state index contributed by atoms with van der Waals surface area (Å²) in [5.74, 6) is -1.67. The molecule has 0 heterocycles. The molecule has 1 aliphatic carbocycles. The van der Waals surface area contributed by atoms with Crippen molar-refractivity contribution in [3.63, 3.8) is 0 Å². The van der Waals surface area contributed by atoms with E-state index in [2.05, 4.69) is 10.1 Å². The fourth-order valence-electron chi connectivity index (χ4n) is 2.13. The fraction of sp³-hybridized carbons (Fsp3) is 0.467. The van der Waals surface area contributed by atoms with Crippen LogP contribution in [0.2, 0.25) is 0 Å². The first-order valence-corrected chi connectivity index (χ1v) is 6.97. The Morgan fingerprint density at radius 2 is 1.91 bits per heavy atom. The molecule has 1 aromatic rings. The number of carboxylic acid groups (broad SMARTS) is 1. The van der Waals surface area contributed by atoms with Crippen LogP contribution in [0.4, 0.5) is 13.2 Å². The number of aliphatic carboxylic acids is 1. The van der Waals surface area contributed by atoms with Gasteiger partial charge >= 0.3 is 12.1 Å². The number of ether oxygens (including phenoxy) is 1. The van der Waals surface area contributed by atoms with Gasteiger partial charge in [0.05, 0.1) is 6.61 Å². The van der Waals surface area contributed by atoms with Gasteiger partial charge in [0.25, 0.3) is 0 Å². The molecular weight excluding hydrogens is 315 g/mol. The second kappa shape index (κ2) is 6.57. The second-order valence-corrected chi connectivity index (χ2v) is 5.50. The number of benzene rings is 1. The summed E-state index contributed by atoms with van der Waals surface area (Å²) < 4.78 is 40.6. The molecule has 23 heavy (non-hydrogen) atoms. The van der Waals surface area contributed by atoms with Crippen LogP contribution in [-0.2, 0) is 27.5 Å². The quantitative estimate of drug-likeness (QED) is 0.752. The average molecular weight is 331 g/mol. The topological polar surface area (TPSA) is 75.6 Å². The lowest BCUT2D eigenvalue weighted by atomic mass is 10.1. The average Bonchev–Trinajstić information content (AvgIpc) is 3.25. The van der Waals surface area contributed by atoms with Gasteiger partial charge in [0, 0.05) is 6.54 Å². The van der Waals surface area contributed by atoms with E-state index >= 15 is 0 Å². The summed E-state index contributed by atoms with van der Waals surface area (Å²) in [6.07, 6.45) is -3.74. The molecule has 0 unspecified atom stereocenters. The Morgan fingerprint density at radius 1 is 1.26 bits per heavy atom. The van der Waals surface area contributed by atoms with Crippen molar-refractivity contribution in [3.8, 4) is 0 Å². The molecule has 0 spiro atoms. The number of alkyl halides is 3. The number of hydrogen-bond donors (Lipinski definition) is 2. The first-order valence-electron chi connectivity index (χ1n) is 6.97. The standard InChI is InChI=1S/C15H16F3NO4/c16-15(17,18)9-23-8-11-3-1-2-10(6-11)7-19-12(20)14(4-5-14)13(21)22/h1-3,6H,4-5,7-9H2,(H,19,20)(H,21,22). The third-order valence-electron chi connectivity index (χ3n) is 3.57. The molecule has 2 N–H and O–H groups in total. The zero-order valence-electron chi connectivity index (χ0n) is 12.2. The van der Waals surface area contributed by atoms with Crippen molar-refractivity contribution < 1.29 is 32.6 Å². The van der Waals surface area contributed by atoms with Crippen LogP contribution in [0, 0.1) is 5.41 Å². The van der Waals surface area contributed by atoms with Crippen LogP contribution in [0.25, 0.3) is 0 Å². The monoisotopic (exact) mass is 331 g/mol. The van der Waals surface area contributed by atoms with Crippen molar-refractivity contribution in [1.82, 2.24) is 5.32 Å². The van der Waals surface area contributed by atoms with Crippen LogP contribution < -0.4 is 5.32 Å². The van der Waals surface area contributed by atoms with Gasteiger partial charge in [-0.3, -0.25) is 9.59 Å². The summed E-state index contributed by atoms with van der Waals surface area (Å²) in [4.78, 5) is 22.9. The number of nitrogens with one attached hydrogen (secondary N) is 1. The molecule has 0 aliphatic heterocycles. The maximum Gasteiger partial charge on any atom is 0.411 e. The van der Waals surface area contributed by atoms with Crippen LogP contribution >= 0.6 is 0 Å². The lowest BCUT2D eigenvalue weighted by Gasteiger charge is -2.12. The van der Waals surface area contributed by atoms with Crippen LogP contribution in [0.15, 0.2) is 24.3 Å². The van der Waals surface area contributed by atoms with Gasteiger partial charge < -0.3 is 15.2 Å². The lowest BCUT2D eigenvalue weighted by Crippen LogP contribution is -2.36. The molecule has 1 aliphatic rings. The maximum absolute atomic E-state index is 12.0. The van der Waals surface area contributed by atoms with Gasteiger partial charge in [0.15, 0.2) is 0 Å².